The highest BCUT2D eigenvalue weighted by Crippen LogP contribution is 2.23. The molecule has 0 atom stereocenters. The fourth-order valence-electron chi connectivity index (χ4n) is 2.88. The van der Waals surface area contributed by atoms with Crippen molar-refractivity contribution in [2.24, 2.45) is 0 Å². The van der Waals surface area contributed by atoms with E-state index >= 15 is 0 Å². The highest BCUT2D eigenvalue weighted by atomic mass is 127. The van der Waals surface area contributed by atoms with Gasteiger partial charge in [-0.1, -0.05) is 18.2 Å². The van der Waals surface area contributed by atoms with Gasteiger partial charge < -0.3 is 15.0 Å². The van der Waals surface area contributed by atoms with Crippen molar-refractivity contribution < 1.29 is 14.3 Å². The normalized spacial score (nSPS) is 13.1. The second kappa shape index (κ2) is 7.86. The molecule has 2 aromatic rings. The molecule has 2 aromatic carbocycles. The van der Waals surface area contributed by atoms with Crippen molar-refractivity contribution >= 4 is 34.4 Å². The molecule has 130 valence electrons. The summed E-state index contributed by atoms with van der Waals surface area (Å²) in [6, 6.07) is 13.3. The van der Waals surface area contributed by atoms with Gasteiger partial charge in [0, 0.05) is 16.7 Å². The number of fused-ring (bicyclic) bond motifs is 1. The first kappa shape index (κ1) is 17.7. The van der Waals surface area contributed by atoms with Crippen LogP contribution in [0.5, 0.6) is 5.75 Å². The molecule has 0 unspecified atom stereocenters. The van der Waals surface area contributed by atoms with E-state index in [1.807, 2.05) is 30.3 Å². The van der Waals surface area contributed by atoms with Crippen LogP contribution in [-0.4, -0.2) is 36.9 Å². The van der Waals surface area contributed by atoms with Gasteiger partial charge in [0.25, 0.3) is 5.91 Å². The summed E-state index contributed by atoms with van der Waals surface area (Å²) >= 11 is 2.11. The molecule has 2 amide bonds. The Morgan fingerprint density at radius 3 is 2.76 bits per heavy atom. The van der Waals surface area contributed by atoms with E-state index in [0.29, 0.717) is 18.7 Å². The quantitative estimate of drug-likeness (QED) is 0.729. The number of benzene rings is 2. The lowest BCUT2D eigenvalue weighted by Crippen LogP contribution is -2.42. The number of carbonyl (C=O) groups is 2. The number of ether oxygens (including phenoxy) is 1. The van der Waals surface area contributed by atoms with Gasteiger partial charge in [-0.15, -0.1) is 0 Å². The van der Waals surface area contributed by atoms with Gasteiger partial charge in [0.05, 0.1) is 19.2 Å². The van der Waals surface area contributed by atoms with Crippen LogP contribution in [0.3, 0.4) is 0 Å². The first-order chi connectivity index (χ1) is 12.1. The second-order valence-corrected chi connectivity index (χ2v) is 7.02. The van der Waals surface area contributed by atoms with Crippen LogP contribution in [-0.2, 0) is 17.8 Å². The van der Waals surface area contributed by atoms with Gasteiger partial charge in [0.2, 0.25) is 5.91 Å². The predicted molar refractivity (Wildman–Crippen MR) is 104 cm³/mol. The fraction of sp³-hybridized carbons (Fsp3) is 0.263. The third-order valence-electron chi connectivity index (χ3n) is 4.30. The monoisotopic (exact) mass is 450 g/mol. The molecule has 5 nitrogen and oxygen atoms in total. The molecule has 0 aliphatic carbocycles. The zero-order valence-electron chi connectivity index (χ0n) is 13.9. The lowest BCUT2D eigenvalue weighted by molar-refractivity contribution is -0.131. The van der Waals surface area contributed by atoms with E-state index in [4.69, 9.17) is 4.74 Å². The molecule has 1 heterocycles. The molecular formula is C19H19IN2O3. The van der Waals surface area contributed by atoms with Gasteiger partial charge >= 0.3 is 0 Å². The zero-order valence-corrected chi connectivity index (χ0v) is 16.1. The molecular weight excluding hydrogens is 431 g/mol. The van der Waals surface area contributed by atoms with E-state index in [0.717, 1.165) is 21.3 Å². The Labute approximate surface area is 160 Å². The minimum absolute atomic E-state index is 0.00308. The summed E-state index contributed by atoms with van der Waals surface area (Å²) in [6.45, 7) is 1.21. The minimum Gasteiger partial charge on any atom is -0.497 e. The second-order valence-electron chi connectivity index (χ2n) is 5.86. The number of amides is 2. The summed E-state index contributed by atoms with van der Waals surface area (Å²) < 4.78 is 6.12. The molecule has 0 bridgehead atoms. The average Bonchev–Trinajstić information content (AvgIpc) is 2.65. The minimum atomic E-state index is -0.225. The van der Waals surface area contributed by atoms with Crippen molar-refractivity contribution in [1.82, 2.24) is 10.2 Å². The molecule has 25 heavy (non-hydrogen) atoms. The van der Waals surface area contributed by atoms with Crippen LogP contribution in [0.2, 0.25) is 0 Å². The number of nitrogens with zero attached hydrogens (tertiary/aromatic N) is 1. The number of nitrogens with one attached hydrogen (secondary N) is 1. The molecule has 0 spiro atoms. The lowest BCUT2D eigenvalue weighted by Gasteiger charge is -2.29. The molecule has 1 aliphatic heterocycles. The number of methoxy groups -OCH3 is 1. The van der Waals surface area contributed by atoms with Crippen LogP contribution in [0.1, 0.15) is 21.5 Å². The first-order valence-electron chi connectivity index (χ1n) is 8.05. The average molecular weight is 450 g/mol. The van der Waals surface area contributed by atoms with E-state index < -0.39 is 0 Å². The summed E-state index contributed by atoms with van der Waals surface area (Å²) in [5.41, 5.74) is 2.93. The molecule has 0 saturated carbocycles. The topological polar surface area (TPSA) is 58.6 Å². The van der Waals surface area contributed by atoms with E-state index in [1.165, 1.54) is 5.56 Å². The molecule has 0 aromatic heterocycles. The third kappa shape index (κ3) is 4.12. The van der Waals surface area contributed by atoms with E-state index in [-0.39, 0.29) is 18.4 Å². The van der Waals surface area contributed by atoms with Crippen molar-refractivity contribution in [3.05, 3.63) is 62.7 Å². The number of carbonyl (C=O) groups excluding carboxylic acids is 2. The van der Waals surface area contributed by atoms with Crippen molar-refractivity contribution in [3.8, 4) is 5.75 Å². The number of hydrogen-bond acceptors (Lipinski definition) is 3. The van der Waals surface area contributed by atoms with Crippen LogP contribution >= 0.6 is 22.6 Å². The first-order valence-corrected chi connectivity index (χ1v) is 9.12. The van der Waals surface area contributed by atoms with Gasteiger partial charge in [-0.05, 0) is 64.4 Å². The van der Waals surface area contributed by atoms with Gasteiger partial charge in [-0.25, -0.2) is 0 Å². The van der Waals surface area contributed by atoms with E-state index in [1.54, 1.807) is 18.1 Å². The lowest BCUT2D eigenvalue weighted by atomic mass is 9.99. The number of hydrogen-bond donors (Lipinski definition) is 1. The molecule has 1 aliphatic rings. The Morgan fingerprint density at radius 2 is 2.00 bits per heavy atom. The van der Waals surface area contributed by atoms with Crippen LogP contribution in [0, 0.1) is 3.57 Å². The van der Waals surface area contributed by atoms with E-state index in [2.05, 4.69) is 34.0 Å². The maximum absolute atomic E-state index is 12.5. The third-order valence-corrected chi connectivity index (χ3v) is 5.24. The van der Waals surface area contributed by atoms with Gasteiger partial charge in [0.15, 0.2) is 0 Å². The summed E-state index contributed by atoms with van der Waals surface area (Å²) in [5, 5.41) is 2.72. The Hall–Kier alpha value is -2.09. The van der Waals surface area contributed by atoms with Crippen LogP contribution in [0.25, 0.3) is 0 Å². The molecule has 6 heteroatoms. The summed E-state index contributed by atoms with van der Waals surface area (Å²) in [4.78, 5) is 26.5. The van der Waals surface area contributed by atoms with Crippen molar-refractivity contribution in [3.63, 3.8) is 0 Å². The highest BCUT2D eigenvalue weighted by Gasteiger charge is 2.21. The Kier molecular flexibility index (Phi) is 5.57. The Bertz CT molecular complexity index is 807. The van der Waals surface area contributed by atoms with Crippen molar-refractivity contribution in [2.45, 2.75) is 13.0 Å². The number of halogens is 1. The summed E-state index contributed by atoms with van der Waals surface area (Å²) in [6.07, 6.45) is 0.815. The smallest absolute Gasteiger partial charge is 0.252 e. The standard InChI is InChI=1S/C19H19IN2O3/c1-25-15-7-6-13-8-9-22(12-14(13)10-15)18(23)11-21-19(24)16-4-2-3-5-17(16)20/h2-7,10H,8-9,11-12H2,1H3,(H,21,24). The molecule has 0 fully saturated rings. The van der Waals surface area contributed by atoms with Gasteiger partial charge in [0.1, 0.15) is 5.75 Å². The Balaban J connectivity index is 1.60. The van der Waals surface area contributed by atoms with Crippen LogP contribution in [0.15, 0.2) is 42.5 Å². The van der Waals surface area contributed by atoms with Crippen LogP contribution in [0.4, 0.5) is 0 Å². The summed E-state index contributed by atoms with van der Waals surface area (Å²) in [5.74, 6) is 0.491. The van der Waals surface area contributed by atoms with Crippen LogP contribution < -0.4 is 10.1 Å². The zero-order chi connectivity index (χ0) is 17.8. The number of rotatable bonds is 4. The molecule has 3 rings (SSSR count). The molecule has 0 radical (unpaired) electrons. The maximum atomic E-state index is 12.5. The molecule has 0 saturated heterocycles. The van der Waals surface area contributed by atoms with E-state index in [9.17, 15) is 9.59 Å². The SMILES string of the molecule is COc1ccc2c(c1)CN(C(=O)CNC(=O)c1ccccc1I)CC2. The molecule has 1 N–H and O–H groups in total. The summed E-state index contributed by atoms with van der Waals surface area (Å²) in [7, 11) is 1.63. The fourth-order valence-corrected chi connectivity index (χ4v) is 3.51. The largest absolute Gasteiger partial charge is 0.497 e. The van der Waals surface area contributed by atoms with Gasteiger partial charge in [-0.2, -0.15) is 0 Å². The van der Waals surface area contributed by atoms with Crippen molar-refractivity contribution in [2.75, 3.05) is 20.2 Å². The highest BCUT2D eigenvalue weighted by molar-refractivity contribution is 14.1. The van der Waals surface area contributed by atoms with Crippen molar-refractivity contribution in [1.29, 1.82) is 0 Å². The predicted octanol–water partition coefficient (Wildman–Crippen LogP) is 2.61. The Morgan fingerprint density at radius 1 is 1.20 bits per heavy atom. The van der Waals surface area contributed by atoms with Gasteiger partial charge in [-0.3, -0.25) is 9.59 Å². The maximum Gasteiger partial charge on any atom is 0.252 e.